The van der Waals surface area contributed by atoms with E-state index >= 15 is 0 Å². The summed E-state index contributed by atoms with van der Waals surface area (Å²) >= 11 is 0. The molecule has 2 nitrogen and oxygen atoms in total. The maximum Gasteiger partial charge on any atom is 0.0860 e. The smallest absolute Gasteiger partial charge is 0.0860 e. The SMILES string of the molecule is CCCC1CCC(c2ccc(CCC3CCC(C4CO4)CO3)cc2)CC1. The van der Waals surface area contributed by atoms with Crippen molar-refractivity contribution < 1.29 is 9.47 Å². The zero-order valence-corrected chi connectivity index (χ0v) is 16.5. The van der Waals surface area contributed by atoms with Gasteiger partial charge in [-0.1, -0.05) is 44.0 Å². The van der Waals surface area contributed by atoms with Gasteiger partial charge in [0, 0.05) is 5.92 Å². The number of ether oxygens (including phenoxy) is 2. The van der Waals surface area contributed by atoms with Crippen LogP contribution in [0.3, 0.4) is 0 Å². The fourth-order valence-electron chi connectivity index (χ4n) is 5.15. The van der Waals surface area contributed by atoms with E-state index in [1.807, 2.05) is 0 Å². The summed E-state index contributed by atoms with van der Waals surface area (Å²) in [5.74, 6) is 2.47. The third-order valence-electron chi connectivity index (χ3n) is 7.04. The van der Waals surface area contributed by atoms with Gasteiger partial charge in [0.15, 0.2) is 0 Å². The number of benzene rings is 1. The first-order valence-corrected chi connectivity index (χ1v) is 11.1. The number of epoxide rings is 1. The minimum absolute atomic E-state index is 0.457. The molecule has 2 saturated heterocycles. The second kappa shape index (κ2) is 8.89. The summed E-state index contributed by atoms with van der Waals surface area (Å²) < 4.78 is 11.5. The molecule has 0 radical (unpaired) electrons. The number of hydrogen-bond donors (Lipinski definition) is 0. The van der Waals surface area contributed by atoms with Gasteiger partial charge in [-0.05, 0) is 74.3 Å². The summed E-state index contributed by atoms with van der Waals surface area (Å²) in [6.45, 7) is 4.20. The standard InChI is InChI=1S/C24H36O2/c1-2-3-18-4-9-20(10-5-18)21-11-6-19(7-12-21)8-14-23-15-13-22(16-25-23)24-17-26-24/h6-7,11-12,18,20,22-24H,2-5,8-10,13-17H2,1H3. The monoisotopic (exact) mass is 356 g/mol. The molecule has 0 aromatic heterocycles. The average Bonchev–Trinajstić information content (AvgIpc) is 3.54. The van der Waals surface area contributed by atoms with Crippen molar-refractivity contribution in [1.29, 1.82) is 0 Å². The first kappa shape index (κ1) is 18.5. The Hall–Kier alpha value is -0.860. The van der Waals surface area contributed by atoms with E-state index in [9.17, 15) is 0 Å². The molecule has 1 aliphatic carbocycles. The van der Waals surface area contributed by atoms with Crippen LogP contribution in [0.4, 0.5) is 0 Å². The first-order valence-electron chi connectivity index (χ1n) is 11.1. The van der Waals surface area contributed by atoms with Crippen LogP contribution in [0.15, 0.2) is 24.3 Å². The predicted molar refractivity (Wildman–Crippen MR) is 107 cm³/mol. The molecule has 0 spiro atoms. The minimum Gasteiger partial charge on any atom is -0.378 e. The van der Waals surface area contributed by atoms with Crippen LogP contribution in [0.2, 0.25) is 0 Å². The summed E-state index contributed by atoms with van der Waals surface area (Å²) in [5.41, 5.74) is 3.05. The second-order valence-corrected chi connectivity index (χ2v) is 8.95. The highest BCUT2D eigenvalue weighted by molar-refractivity contribution is 5.26. The van der Waals surface area contributed by atoms with Crippen LogP contribution < -0.4 is 0 Å². The lowest BCUT2D eigenvalue weighted by Crippen LogP contribution is -2.29. The lowest BCUT2D eigenvalue weighted by Gasteiger charge is -2.29. The third kappa shape index (κ3) is 4.89. The Morgan fingerprint density at radius 3 is 2.23 bits per heavy atom. The van der Waals surface area contributed by atoms with Crippen molar-refractivity contribution in [3.63, 3.8) is 0 Å². The average molecular weight is 357 g/mol. The molecule has 0 bridgehead atoms. The molecule has 4 rings (SSSR count). The lowest BCUT2D eigenvalue weighted by atomic mass is 9.77. The molecule has 1 aromatic rings. The Labute approximate surface area is 159 Å². The van der Waals surface area contributed by atoms with E-state index in [-0.39, 0.29) is 0 Å². The van der Waals surface area contributed by atoms with E-state index in [1.54, 1.807) is 5.56 Å². The highest BCUT2D eigenvalue weighted by Crippen LogP contribution is 2.37. The normalized spacial score (nSPS) is 34.6. The van der Waals surface area contributed by atoms with Gasteiger partial charge in [-0.3, -0.25) is 0 Å². The quantitative estimate of drug-likeness (QED) is 0.568. The molecular formula is C24H36O2. The van der Waals surface area contributed by atoms with Crippen molar-refractivity contribution >= 4 is 0 Å². The highest BCUT2D eigenvalue weighted by atomic mass is 16.6. The Morgan fingerprint density at radius 1 is 0.846 bits per heavy atom. The van der Waals surface area contributed by atoms with Crippen LogP contribution in [0, 0.1) is 11.8 Å². The molecule has 0 amide bonds. The van der Waals surface area contributed by atoms with Gasteiger partial charge in [0.05, 0.1) is 25.4 Å². The van der Waals surface area contributed by atoms with E-state index < -0.39 is 0 Å². The molecule has 144 valence electrons. The van der Waals surface area contributed by atoms with E-state index in [4.69, 9.17) is 9.47 Å². The van der Waals surface area contributed by atoms with Crippen molar-refractivity contribution in [1.82, 2.24) is 0 Å². The van der Waals surface area contributed by atoms with Crippen molar-refractivity contribution in [2.24, 2.45) is 11.8 Å². The highest BCUT2D eigenvalue weighted by Gasteiger charge is 2.35. The van der Waals surface area contributed by atoms with Gasteiger partial charge in [-0.15, -0.1) is 0 Å². The summed E-state index contributed by atoms with van der Waals surface area (Å²) in [6.07, 6.45) is 14.2. The number of rotatable bonds is 7. The van der Waals surface area contributed by atoms with E-state index in [1.165, 1.54) is 63.4 Å². The van der Waals surface area contributed by atoms with Crippen LogP contribution in [-0.2, 0) is 15.9 Å². The molecule has 26 heavy (non-hydrogen) atoms. The number of hydrogen-bond acceptors (Lipinski definition) is 2. The van der Waals surface area contributed by atoms with Crippen LogP contribution in [0.5, 0.6) is 0 Å². The summed E-state index contributed by atoms with van der Waals surface area (Å²) in [6, 6.07) is 9.55. The maximum absolute atomic E-state index is 6.08. The molecule has 2 heteroatoms. The van der Waals surface area contributed by atoms with Gasteiger partial charge >= 0.3 is 0 Å². The van der Waals surface area contributed by atoms with Crippen molar-refractivity contribution in [2.75, 3.05) is 13.2 Å². The van der Waals surface area contributed by atoms with Crippen LogP contribution in [-0.4, -0.2) is 25.4 Å². The van der Waals surface area contributed by atoms with Crippen LogP contribution in [0.25, 0.3) is 0 Å². The van der Waals surface area contributed by atoms with Gasteiger partial charge < -0.3 is 9.47 Å². The number of aryl methyl sites for hydroxylation is 1. The Balaban J connectivity index is 1.20. The van der Waals surface area contributed by atoms with Gasteiger partial charge in [0.1, 0.15) is 0 Å². The summed E-state index contributed by atoms with van der Waals surface area (Å²) in [4.78, 5) is 0. The van der Waals surface area contributed by atoms with Crippen LogP contribution in [0.1, 0.15) is 81.8 Å². The molecule has 2 aliphatic heterocycles. The third-order valence-corrected chi connectivity index (χ3v) is 7.04. The molecule has 3 atom stereocenters. The Kier molecular flexibility index (Phi) is 6.32. The van der Waals surface area contributed by atoms with Crippen LogP contribution >= 0.6 is 0 Å². The zero-order valence-electron chi connectivity index (χ0n) is 16.5. The fraction of sp³-hybridized carbons (Fsp3) is 0.750. The van der Waals surface area contributed by atoms with Crippen molar-refractivity contribution in [3.8, 4) is 0 Å². The van der Waals surface area contributed by atoms with Crippen molar-refractivity contribution in [2.45, 2.75) is 89.3 Å². The Bertz CT molecular complexity index is 532. The maximum atomic E-state index is 6.08. The summed E-state index contributed by atoms with van der Waals surface area (Å²) in [5, 5.41) is 0. The molecule has 3 fully saturated rings. The molecule has 3 aliphatic rings. The van der Waals surface area contributed by atoms with Crippen molar-refractivity contribution in [3.05, 3.63) is 35.4 Å². The largest absolute Gasteiger partial charge is 0.378 e. The van der Waals surface area contributed by atoms with E-state index in [0.29, 0.717) is 18.1 Å². The topological polar surface area (TPSA) is 21.8 Å². The molecule has 3 unspecified atom stereocenters. The van der Waals surface area contributed by atoms with Gasteiger partial charge in [0.25, 0.3) is 0 Å². The second-order valence-electron chi connectivity index (χ2n) is 8.95. The molecule has 2 heterocycles. The van der Waals surface area contributed by atoms with E-state index in [0.717, 1.165) is 31.5 Å². The van der Waals surface area contributed by atoms with Gasteiger partial charge in [-0.25, -0.2) is 0 Å². The molecular weight excluding hydrogens is 320 g/mol. The fourth-order valence-corrected chi connectivity index (χ4v) is 5.15. The lowest BCUT2D eigenvalue weighted by molar-refractivity contribution is -0.0259. The molecule has 1 aromatic carbocycles. The van der Waals surface area contributed by atoms with Gasteiger partial charge in [0.2, 0.25) is 0 Å². The summed E-state index contributed by atoms with van der Waals surface area (Å²) in [7, 11) is 0. The molecule has 0 N–H and O–H groups in total. The Morgan fingerprint density at radius 2 is 1.62 bits per heavy atom. The minimum atomic E-state index is 0.457. The predicted octanol–water partition coefficient (Wildman–Crippen LogP) is 5.89. The zero-order chi connectivity index (χ0) is 17.8. The first-order chi connectivity index (χ1) is 12.8. The van der Waals surface area contributed by atoms with Gasteiger partial charge in [-0.2, -0.15) is 0 Å². The van der Waals surface area contributed by atoms with E-state index in [2.05, 4.69) is 31.2 Å². The molecule has 1 saturated carbocycles.